The van der Waals surface area contributed by atoms with Crippen molar-refractivity contribution in [2.24, 2.45) is 5.92 Å². The van der Waals surface area contributed by atoms with E-state index in [0.717, 1.165) is 18.9 Å². The van der Waals surface area contributed by atoms with Gasteiger partial charge in [0.2, 0.25) is 0 Å². The third kappa shape index (κ3) is 3.80. The zero-order valence-electron chi connectivity index (χ0n) is 9.48. The Kier molecular flexibility index (Phi) is 5.23. The molecule has 0 aromatic heterocycles. The molecule has 90 valence electrons. The molecule has 1 aliphatic carbocycles. The van der Waals surface area contributed by atoms with Gasteiger partial charge < -0.3 is 4.74 Å². The molecule has 1 nitrogen and oxygen atoms in total. The largest absolute Gasteiger partial charge is 0.491 e. The van der Waals surface area contributed by atoms with Crippen molar-refractivity contribution in [1.29, 1.82) is 0 Å². The Morgan fingerprint density at radius 2 is 1.88 bits per heavy atom. The predicted octanol–water partition coefficient (Wildman–Crippen LogP) is 4.43. The van der Waals surface area contributed by atoms with Crippen molar-refractivity contribution in [2.75, 3.05) is 6.61 Å². The first-order chi connectivity index (χ1) is 7.65. The van der Waals surface area contributed by atoms with E-state index in [-0.39, 0.29) is 5.76 Å². The molecule has 0 unspecified atom stereocenters. The van der Waals surface area contributed by atoms with Gasteiger partial charge in [0.25, 0.3) is 0 Å². The second-order valence-corrected chi connectivity index (χ2v) is 4.10. The van der Waals surface area contributed by atoms with Crippen molar-refractivity contribution in [2.45, 2.75) is 32.1 Å². The van der Waals surface area contributed by atoms with Crippen LogP contribution in [0.3, 0.4) is 0 Å². The van der Waals surface area contributed by atoms with Crippen molar-refractivity contribution in [1.82, 2.24) is 0 Å². The Morgan fingerprint density at radius 1 is 1.25 bits per heavy atom. The summed E-state index contributed by atoms with van der Waals surface area (Å²) in [5.41, 5.74) is 0. The van der Waals surface area contributed by atoms with E-state index in [4.69, 9.17) is 4.74 Å². The number of hydrogen-bond donors (Lipinski definition) is 0. The number of allylic oxidation sites excluding steroid dienone is 3. The van der Waals surface area contributed by atoms with Gasteiger partial charge in [0.15, 0.2) is 17.4 Å². The average molecular weight is 228 g/mol. The molecule has 0 aliphatic heterocycles. The van der Waals surface area contributed by atoms with E-state index < -0.39 is 11.7 Å². The Balaban J connectivity index is 2.37. The van der Waals surface area contributed by atoms with Crippen LogP contribution in [-0.2, 0) is 4.74 Å². The highest BCUT2D eigenvalue weighted by Gasteiger charge is 2.16. The molecule has 1 rings (SSSR count). The van der Waals surface area contributed by atoms with Crippen LogP contribution in [0.4, 0.5) is 8.78 Å². The van der Waals surface area contributed by atoms with Crippen LogP contribution < -0.4 is 0 Å². The fourth-order valence-electron chi connectivity index (χ4n) is 1.86. The van der Waals surface area contributed by atoms with Gasteiger partial charge in [0, 0.05) is 0 Å². The summed E-state index contributed by atoms with van der Waals surface area (Å²) in [7, 11) is 0. The lowest BCUT2D eigenvalue weighted by molar-refractivity contribution is 0.141. The minimum Gasteiger partial charge on any atom is -0.491 e. The van der Waals surface area contributed by atoms with Gasteiger partial charge in [-0.3, -0.25) is 0 Å². The van der Waals surface area contributed by atoms with Crippen LogP contribution in [0.15, 0.2) is 36.6 Å². The summed E-state index contributed by atoms with van der Waals surface area (Å²) in [6.07, 6.45) is 6.66. The van der Waals surface area contributed by atoms with Gasteiger partial charge >= 0.3 is 0 Å². The molecule has 0 spiro atoms. The molecule has 0 bridgehead atoms. The third-order valence-electron chi connectivity index (χ3n) is 2.85. The topological polar surface area (TPSA) is 9.23 Å². The van der Waals surface area contributed by atoms with Crippen molar-refractivity contribution < 1.29 is 13.5 Å². The lowest BCUT2D eigenvalue weighted by Gasteiger charge is -2.21. The minimum atomic E-state index is -1.05. The van der Waals surface area contributed by atoms with E-state index in [0.29, 0.717) is 12.5 Å². The van der Waals surface area contributed by atoms with Gasteiger partial charge in [-0.1, -0.05) is 32.4 Å². The molecule has 1 fully saturated rings. The number of rotatable bonds is 5. The van der Waals surface area contributed by atoms with Gasteiger partial charge in [-0.2, -0.15) is 4.39 Å². The van der Waals surface area contributed by atoms with E-state index in [9.17, 15) is 8.78 Å². The fraction of sp³-hybridized carbons (Fsp3) is 0.538. The van der Waals surface area contributed by atoms with Crippen LogP contribution in [0.2, 0.25) is 0 Å². The standard InChI is InChI=1S/C13H18F2O/c1-3-12(14)13(15)10(2)16-9-11-7-5-4-6-8-11/h3,11H,1-2,4-9H2/b13-12-. The molecule has 0 heterocycles. The van der Waals surface area contributed by atoms with Gasteiger partial charge in [0.05, 0.1) is 6.61 Å². The van der Waals surface area contributed by atoms with Crippen LogP contribution in [0.5, 0.6) is 0 Å². The molecule has 0 amide bonds. The van der Waals surface area contributed by atoms with Crippen molar-refractivity contribution in [3.8, 4) is 0 Å². The van der Waals surface area contributed by atoms with Gasteiger partial charge in [-0.15, -0.1) is 0 Å². The van der Waals surface area contributed by atoms with Crippen LogP contribution in [0.1, 0.15) is 32.1 Å². The first kappa shape index (κ1) is 12.9. The SMILES string of the molecule is C=C/C(F)=C(/F)C(=C)OCC1CCCCC1. The molecule has 0 aromatic carbocycles. The summed E-state index contributed by atoms with van der Waals surface area (Å²) in [4.78, 5) is 0. The first-order valence-corrected chi connectivity index (χ1v) is 5.65. The lowest BCUT2D eigenvalue weighted by Crippen LogP contribution is -2.13. The molecule has 0 radical (unpaired) electrons. The molecular weight excluding hydrogens is 210 g/mol. The molecule has 1 aliphatic rings. The Hall–Kier alpha value is -1.12. The first-order valence-electron chi connectivity index (χ1n) is 5.65. The summed E-state index contributed by atoms with van der Waals surface area (Å²) in [5, 5.41) is 0. The molecule has 0 saturated heterocycles. The molecule has 0 N–H and O–H groups in total. The number of ether oxygens (including phenoxy) is 1. The Morgan fingerprint density at radius 3 is 2.44 bits per heavy atom. The zero-order chi connectivity index (χ0) is 12.0. The predicted molar refractivity (Wildman–Crippen MR) is 61.1 cm³/mol. The second-order valence-electron chi connectivity index (χ2n) is 4.10. The minimum absolute atomic E-state index is 0.233. The van der Waals surface area contributed by atoms with Crippen molar-refractivity contribution in [3.05, 3.63) is 36.6 Å². The quantitative estimate of drug-likeness (QED) is 0.499. The number of halogens is 2. The lowest BCUT2D eigenvalue weighted by atomic mass is 9.90. The summed E-state index contributed by atoms with van der Waals surface area (Å²) < 4.78 is 31.1. The second kappa shape index (κ2) is 6.46. The zero-order valence-corrected chi connectivity index (χ0v) is 9.48. The Labute approximate surface area is 95.5 Å². The van der Waals surface area contributed by atoms with Gasteiger partial charge in [0.1, 0.15) is 0 Å². The highest BCUT2D eigenvalue weighted by Crippen LogP contribution is 2.26. The third-order valence-corrected chi connectivity index (χ3v) is 2.85. The van der Waals surface area contributed by atoms with Crippen molar-refractivity contribution >= 4 is 0 Å². The van der Waals surface area contributed by atoms with E-state index in [1.54, 1.807) is 0 Å². The maximum Gasteiger partial charge on any atom is 0.199 e. The maximum absolute atomic E-state index is 13.2. The highest BCUT2D eigenvalue weighted by atomic mass is 19.2. The van der Waals surface area contributed by atoms with Crippen molar-refractivity contribution in [3.63, 3.8) is 0 Å². The maximum atomic E-state index is 13.2. The van der Waals surface area contributed by atoms with Crippen LogP contribution in [0.25, 0.3) is 0 Å². The summed E-state index contributed by atoms with van der Waals surface area (Å²) in [6.45, 7) is 6.94. The van der Waals surface area contributed by atoms with E-state index in [2.05, 4.69) is 13.2 Å². The summed E-state index contributed by atoms with van der Waals surface area (Å²) in [5.74, 6) is -1.85. The highest BCUT2D eigenvalue weighted by molar-refractivity contribution is 5.25. The molecule has 0 aromatic rings. The summed E-state index contributed by atoms with van der Waals surface area (Å²) >= 11 is 0. The Bertz CT molecular complexity index is 288. The smallest absolute Gasteiger partial charge is 0.199 e. The van der Waals surface area contributed by atoms with Crippen LogP contribution in [-0.4, -0.2) is 6.61 Å². The average Bonchev–Trinajstić information content (AvgIpc) is 2.35. The van der Waals surface area contributed by atoms with E-state index >= 15 is 0 Å². The van der Waals surface area contributed by atoms with Gasteiger partial charge in [-0.25, -0.2) is 4.39 Å². The molecule has 1 saturated carbocycles. The molecule has 3 heteroatoms. The molecule has 0 atom stereocenters. The van der Waals surface area contributed by atoms with E-state index in [1.807, 2.05) is 0 Å². The monoisotopic (exact) mass is 228 g/mol. The molecular formula is C13H18F2O. The number of hydrogen-bond acceptors (Lipinski definition) is 1. The van der Waals surface area contributed by atoms with Gasteiger partial charge in [-0.05, 0) is 24.8 Å². The molecule has 16 heavy (non-hydrogen) atoms. The summed E-state index contributed by atoms with van der Waals surface area (Å²) in [6, 6.07) is 0. The van der Waals surface area contributed by atoms with Crippen LogP contribution in [0, 0.1) is 5.92 Å². The van der Waals surface area contributed by atoms with Crippen LogP contribution >= 0.6 is 0 Å². The normalized spacial score (nSPS) is 18.9. The fourth-order valence-corrected chi connectivity index (χ4v) is 1.86. The van der Waals surface area contributed by atoms with E-state index in [1.165, 1.54) is 19.3 Å².